The minimum absolute atomic E-state index is 0.0529. The number of nitrogens with one attached hydrogen (secondary N) is 2. The third kappa shape index (κ3) is 11.1. The molecule has 2 aromatic carbocycles. The van der Waals surface area contributed by atoms with Gasteiger partial charge in [-0.25, -0.2) is 9.59 Å². The van der Waals surface area contributed by atoms with E-state index >= 15 is 0 Å². The molecule has 0 radical (unpaired) electrons. The van der Waals surface area contributed by atoms with E-state index < -0.39 is 35.4 Å². The minimum Gasteiger partial charge on any atom is -0.487 e. The van der Waals surface area contributed by atoms with Crippen LogP contribution in [0.5, 0.6) is 5.75 Å². The van der Waals surface area contributed by atoms with Gasteiger partial charge in [0.05, 0.1) is 37.2 Å². The molecule has 0 bridgehead atoms. The van der Waals surface area contributed by atoms with E-state index in [0.717, 1.165) is 20.5 Å². The molecule has 2 amide bonds. The third-order valence-corrected chi connectivity index (χ3v) is 7.14. The second-order valence-electron chi connectivity index (χ2n) is 12.2. The van der Waals surface area contributed by atoms with E-state index in [0.29, 0.717) is 17.7 Å². The van der Waals surface area contributed by atoms with Crippen molar-refractivity contribution in [2.45, 2.75) is 78.1 Å². The summed E-state index contributed by atoms with van der Waals surface area (Å²) in [7, 11) is 0. The summed E-state index contributed by atoms with van der Waals surface area (Å²) < 4.78 is 23.2. The molecule has 2 N–H and O–H groups in total. The summed E-state index contributed by atoms with van der Waals surface area (Å²) in [5.41, 5.74) is -0.00667. The summed E-state index contributed by atoms with van der Waals surface area (Å²) in [5.74, 6) is -0.410. The van der Waals surface area contributed by atoms with E-state index in [9.17, 15) is 19.6 Å². The van der Waals surface area contributed by atoms with Gasteiger partial charge in [-0.3, -0.25) is 4.79 Å². The van der Waals surface area contributed by atoms with Crippen LogP contribution >= 0.6 is 11.3 Å². The Hall–Kier alpha value is -4.30. The fraction of sp³-hybridized carbons (Fsp3) is 0.455. The molecule has 44 heavy (non-hydrogen) atoms. The first-order valence-electron chi connectivity index (χ1n) is 14.4. The number of benzene rings is 2. The smallest absolute Gasteiger partial charge is 0.407 e. The Morgan fingerprint density at radius 3 is 2.00 bits per heavy atom. The Kier molecular flexibility index (Phi) is 11.6. The van der Waals surface area contributed by atoms with E-state index in [1.165, 1.54) is 0 Å². The maximum atomic E-state index is 13.0. The maximum absolute atomic E-state index is 13.0. The van der Waals surface area contributed by atoms with Gasteiger partial charge in [0, 0.05) is 9.58 Å². The first kappa shape index (κ1) is 34.2. The molecule has 0 saturated carbocycles. The monoisotopic (exact) mass is 623 g/mol. The topological polar surface area (TPSA) is 136 Å². The summed E-state index contributed by atoms with van der Waals surface area (Å²) >= 11 is 1.58. The van der Waals surface area contributed by atoms with Crippen molar-refractivity contribution >= 4 is 39.6 Å². The summed E-state index contributed by atoms with van der Waals surface area (Å²) in [5, 5.41) is 15.5. The van der Waals surface area contributed by atoms with Gasteiger partial charge >= 0.3 is 18.2 Å². The van der Waals surface area contributed by atoms with Gasteiger partial charge < -0.3 is 29.6 Å². The SMILES string of the molecule is CCOC(=O)C(Cc1cc2cc(C#N)ccc2s1)c1ccc(OC(CNC(=O)OC(C)(C)C)CNC(=O)OC(C)(C)C)cc1. The Bertz CT molecular complexity index is 1450. The zero-order valence-electron chi connectivity index (χ0n) is 26.3. The van der Waals surface area contributed by atoms with E-state index in [2.05, 4.69) is 16.7 Å². The molecule has 1 aromatic heterocycles. The predicted molar refractivity (Wildman–Crippen MR) is 169 cm³/mol. The number of amides is 2. The van der Waals surface area contributed by atoms with Gasteiger partial charge in [-0.05, 0) is 102 Å². The molecule has 236 valence electrons. The molecule has 0 aliphatic carbocycles. The molecule has 11 heteroatoms. The summed E-state index contributed by atoms with van der Waals surface area (Å²) in [6.45, 7) is 12.7. The fourth-order valence-electron chi connectivity index (χ4n) is 4.20. The lowest BCUT2D eigenvalue weighted by Gasteiger charge is -2.24. The number of carbonyl (C=O) groups excluding carboxylic acids is 3. The van der Waals surface area contributed by atoms with E-state index in [1.54, 1.807) is 90.1 Å². The molecule has 1 heterocycles. The van der Waals surface area contributed by atoms with Crippen molar-refractivity contribution in [3.05, 3.63) is 64.5 Å². The summed E-state index contributed by atoms with van der Waals surface area (Å²) in [6, 6.07) is 16.8. The molecule has 3 aromatic rings. The van der Waals surface area contributed by atoms with Gasteiger partial charge in [0.25, 0.3) is 0 Å². The highest BCUT2D eigenvalue weighted by atomic mass is 32.1. The van der Waals surface area contributed by atoms with Crippen LogP contribution in [-0.4, -0.2) is 55.2 Å². The lowest BCUT2D eigenvalue weighted by molar-refractivity contribution is -0.144. The van der Waals surface area contributed by atoms with Crippen LogP contribution in [-0.2, 0) is 25.4 Å². The van der Waals surface area contributed by atoms with E-state index in [1.807, 2.05) is 18.2 Å². The number of ether oxygens (including phenoxy) is 4. The predicted octanol–water partition coefficient (Wildman–Crippen LogP) is 6.46. The highest BCUT2D eigenvalue weighted by Gasteiger charge is 2.25. The van der Waals surface area contributed by atoms with Crippen LogP contribution in [0.1, 0.15) is 70.4 Å². The molecule has 0 saturated heterocycles. The molecule has 1 atom stereocenters. The Balaban J connectivity index is 1.76. The average Bonchev–Trinajstić information content (AvgIpc) is 3.33. The van der Waals surface area contributed by atoms with Crippen LogP contribution < -0.4 is 15.4 Å². The van der Waals surface area contributed by atoms with Crippen molar-refractivity contribution < 1.29 is 33.3 Å². The number of carbonyl (C=O) groups is 3. The van der Waals surface area contributed by atoms with Crippen molar-refractivity contribution in [3.8, 4) is 11.8 Å². The Morgan fingerprint density at radius 2 is 1.48 bits per heavy atom. The first-order valence-corrected chi connectivity index (χ1v) is 15.3. The third-order valence-electron chi connectivity index (χ3n) is 6.00. The number of fused-ring (bicyclic) bond motifs is 1. The van der Waals surface area contributed by atoms with E-state index in [4.69, 9.17) is 18.9 Å². The number of thiophene rings is 1. The molecule has 0 spiro atoms. The van der Waals surface area contributed by atoms with Gasteiger partial charge in [-0.2, -0.15) is 5.26 Å². The molecular weight excluding hydrogens is 582 g/mol. The normalized spacial score (nSPS) is 12.2. The first-order chi connectivity index (χ1) is 20.7. The van der Waals surface area contributed by atoms with Gasteiger partial charge in [0.1, 0.15) is 23.1 Å². The second-order valence-corrected chi connectivity index (χ2v) is 13.3. The number of hydrogen-bond acceptors (Lipinski definition) is 9. The van der Waals surface area contributed by atoms with Gasteiger partial charge in [0.15, 0.2) is 0 Å². The highest BCUT2D eigenvalue weighted by Crippen LogP contribution is 2.32. The van der Waals surface area contributed by atoms with Crippen molar-refractivity contribution in [2.24, 2.45) is 0 Å². The highest BCUT2D eigenvalue weighted by molar-refractivity contribution is 7.19. The number of hydrogen-bond donors (Lipinski definition) is 2. The van der Waals surface area contributed by atoms with Crippen LogP contribution in [0.4, 0.5) is 9.59 Å². The standard InChI is InChI=1S/C33H41N3O7S/c1-8-40-29(37)27(17-26-16-23-15-21(18-34)9-14-28(23)44-26)22-10-12-24(13-11-22)41-25(19-35-30(38)42-32(2,3)4)20-36-31(39)43-33(5,6)7/h9-16,25,27H,8,17,19-20H2,1-7H3,(H,35,38)(H,36,39). The molecular formula is C33H41N3O7S. The number of nitriles is 1. The van der Waals surface area contributed by atoms with Crippen LogP contribution in [0, 0.1) is 11.3 Å². The molecule has 0 aliphatic rings. The maximum Gasteiger partial charge on any atom is 0.407 e. The van der Waals surface area contributed by atoms with Crippen molar-refractivity contribution in [1.82, 2.24) is 10.6 Å². The minimum atomic E-state index is -0.671. The van der Waals surface area contributed by atoms with Gasteiger partial charge in [-0.1, -0.05) is 12.1 Å². The van der Waals surface area contributed by atoms with E-state index in [-0.39, 0.29) is 25.7 Å². The average molecular weight is 624 g/mol. The quantitative estimate of drug-likeness (QED) is 0.184. The Labute approximate surface area is 262 Å². The molecule has 1 unspecified atom stereocenters. The van der Waals surface area contributed by atoms with Crippen LogP contribution in [0.2, 0.25) is 0 Å². The van der Waals surface area contributed by atoms with Crippen molar-refractivity contribution in [3.63, 3.8) is 0 Å². The molecule has 0 aliphatic heterocycles. The Morgan fingerprint density at radius 1 is 0.886 bits per heavy atom. The van der Waals surface area contributed by atoms with Gasteiger partial charge in [0.2, 0.25) is 0 Å². The van der Waals surface area contributed by atoms with Crippen LogP contribution in [0.3, 0.4) is 0 Å². The number of nitrogens with zero attached hydrogens (tertiary/aromatic N) is 1. The molecule has 10 nitrogen and oxygen atoms in total. The summed E-state index contributed by atoms with van der Waals surface area (Å²) in [4.78, 5) is 38.5. The second kappa shape index (κ2) is 14.9. The molecule has 3 rings (SSSR count). The zero-order valence-corrected chi connectivity index (χ0v) is 27.1. The number of alkyl carbamates (subject to hydrolysis) is 2. The van der Waals surface area contributed by atoms with Gasteiger partial charge in [-0.15, -0.1) is 11.3 Å². The summed E-state index contributed by atoms with van der Waals surface area (Å²) in [6.07, 6.45) is -1.44. The fourth-order valence-corrected chi connectivity index (χ4v) is 5.29. The largest absolute Gasteiger partial charge is 0.487 e. The zero-order chi connectivity index (χ0) is 32.5. The number of esters is 1. The van der Waals surface area contributed by atoms with Crippen LogP contribution in [0.25, 0.3) is 10.1 Å². The van der Waals surface area contributed by atoms with Crippen molar-refractivity contribution in [2.75, 3.05) is 19.7 Å². The van der Waals surface area contributed by atoms with Crippen LogP contribution in [0.15, 0.2) is 48.5 Å². The van der Waals surface area contributed by atoms with Crippen molar-refractivity contribution in [1.29, 1.82) is 5.26 Å². The molecule has 0 fully saturated rings. The number of rotatable bonds is 11. The lowest BCUT2D eigenvalue weighted by Crippen LogP contribution is -2.45. The lowest BCUT2D eigenvalue weighted by atomic mass is 9.94.